The normalized spacial score (nSPS) is 11.8. The summed E-state index contributed by atoms with van der Waals surface area (Å²) < 4.78 is 12.3. The van der Waals surface area contributed by atoms with E-state index in [2.05, 4.69) is 13.0 Å². The molecule has 0 aliphatic rings. The molecule has 1 aromatic carbocycles. The van der Waals surface area contributed by atoms with Crippen molar-refractivity contribution < 1.29 is 4.39 Å². The van der Waals surface area contributed by atoms with E-state index in [0.29, 0.717) is 0 Å². The number of aryl methyl sites for hydroxylation is 1. The summed E-state index contributed by atoms with van der Waals surface area (Å²) in [5.74, 6) is 0. The van der Waals surface area contributed by atoms with Gasteiger partial charge in [-0.25, -0.2) is 4.39 Å². The minimum Gasteiger partial charge on any atom is -0.246 e. The van der Waals surface area contributed by atoms with E-state index in [-0.39, 0.29) is 6.67 Å². The van der Waals surface area contributed by atoms with Crippen molar-refractivity contribution in [3.8, 4) is 0 Å². The number of benzene rings is 1. The van der Waals surface area contributed by atoms with E-state index in [1.54, 1.807) is 0 Å². The van der Waals surface area contributed by atoms with Gasteiger partial charge in [0.1, 0.15) is 6.67 Å². The minimum absolute atomic E-state index is 0.379. The van der Waals surface area contributed by atoms with E-state index in [1.165, 1.54) is 11.1 Å². The van der Waals surface area contributed by atoms with Crippen molar-refractivity contribution in [2.75, 3.05) is 0 Å². The quantitative estimate of drug-likeness (QED) is 0.644. The monoisotopic (exact) mass is 178 g/mol. The lowest BCUT2D eigenvalue weighted by Crippen LogP contribution is -1.88. The summed E-state index contributed by atoms with van der Waals surface area (Å²) >= 11 is 0. The summed E-state index contributed by atoms with van der Waals surface area (Å²) in [6.07, 6.45) is 2.07. The first-order valence-electron chi connectivity index (χ1n) is 4.47. The van der Waals surface area contributed by atoms with Crippen LogP contribution in [0.5, 0.6) is 0 Å². The fourth-order valence-electron chi connectivity index (χ4n) is 1.41. The van der Waals surface area contributed by atoms with Gasteiger partial charge in [0.25, 0.3) is 0 Å². The highest BCUT2D eigenvalue weighted by Crippen LogP contribution is 2.19. The average Bonchev–Trinajstić information content (AvgIpc) is 2.16. The number of halogens is 1. The van der Waals surface area contributed by atoms with Gasteiger partial charge in [-0.1, -0.05) is 24.3 Å². The average molecular weight is 178 g/mol. The van der Waals surface area contributed by atoms with E-state index in [4.69, 9.17) is 0 Å². The van der Waals surface area contributed by atoms with Crippen LogP contribution in [0.15, 0.2) is 24.3 Å². The van der Waals surface area contributed by atoms with Crippen LogP contribution in [0.1, 0.15) is 30.5 Å². The van der Waals surface area contributed by atoms with E-state index < -0.39 is 0 Å². The van der Waals surface area contributed by atoms with E-state index in [1.807, 2.05) is 32.0 Å². The Morgan fingerprint density at radius 1 is 1.46 bits per heavy atom. The Morgan fingerprint density at radius 3 is 2.62 bits per heavy atom. The molecular formula is C12H15F. The van der Waals surface area contributed by atoms with Gasteiger partial charge < -0.3 is 0 Å². The van der Waals surface area contributed by atoms with Gasteiger partial charge in [-0.3, -0.25) is 0 Å². The van der Waals surface area contributed by atoms with E-state index >= 15 is 0 Å². The lowest BCUT2D eigenvalue weighted by atomic mass is 10.00. The maximum absolute atomic E-state index is 12.3. The molecule has 70 valence electrons. The van der Waals surface area contributed by atoms with Crippen molar-refractivity contribution in [3.63, 3.8) is 0 Å². The van der Waals surface area contributed by atoms with Gasteiger partial charge in [-0.2, -0.15) is 0 Å². The first-order valence-corrected chi connectivity index (χ1v) is 4.47. The lowest BCUT2D eigenvalue weighted by Gasteiger charge is -2.06. The van der Waals surface area contributed by atoms with Crippen LogP contribution in [-0.4, -0.2) is 0 Å². The molecule has 1 heteroatoms. The number of allylic oxidation sites excluding steroid dienone is 2. The van der Waals surface area contributed by atoms with Crippen LogP contribution in [0, 0.1) is 6.92 Å². The maximum atomic E-state index is 12.3. The molecule has 1 rings (SSSR count). The Labute approximate surface area is 79.1 Å². The first kappa shape index (κ1) is 9.97. The van der Waals surface area contributed by atoms with Crippen LogP contribution in [0.3, 0.4) is 0 Å². The third-order valence-electron chi connectivity index (χ3n) is 2.30. The molecule has 1 aromatic rings. The molecule has 0 amide bonds. The standard InChI is InChI=1S/C12H15F/c1-4-9(2)12-6-5-11(8-13)7-10(12)3/h4-7H,8H2,1-3H3/b9-4-. The van der Waals surface area contributed by atoms with Gasteiger partial charge in [0.15, 0.2) is 0 Å². The van der Waals surface area contributed by atoms with Crippen LogP contribution in [0.4, 0.5) is 4.39 Å². The summed E-state index contributed by atoms with van der Waals surface area (Å²) in [6.45, 7) is 5.72. The second-order valence-electron chi connectivity index (χ2n) is 3.25. The van der Waals surface area contributed by atoms with Crippen LogP contribution in [-0.2, 0) is 6.67 Å². The van der Waals surface area contributed by atoms with E-state index in [0.717, 1.165) is 11.1 Å². The summed E-state index contributed by atoms with van der Waals surface area (Å²) in [5, 5.41) is 0. The highest BCUT2D eigenvalue weighted by Gasteiger charge is 2.00. The lowest BCUT2D eigenvalue weighted by molar-refractivity contribution is 0.485. The molecule has 0 saturated carbocycles. The largest absolute Gasteiger partial charge is 0.246 e. The van der Waals surface area contributed by atoms with Crippen molar-refractivity contribution in [1.82, 2.24) is 0 Å². The van der Waals surface area contributed by atoms with Gasteiger partial charge in [-0.05, 0) is 43.0 Å². The van der Waals surface area contributed by atoms with Crippen LogP contribution >= 0.6 is 0 Å². The first-order chi connectivity index (χ1) is 6.19. The molecular weight excluding hydrogens is 163 g/mol. The number of rotatable bonds is 2. The smallest absolute Gasteiger partial charge is 0.115 e. The molecule has 0 aromatic heterocycles. The molecule has 0 radical (unpaired) electrons. The Balaban J connectivity index is 3.12. The Bertz CT molecular complexity index is 324. The van der Waals surface area contributed by atoms with Crippen LogP contribution in [0.25, 0.3) is 5.57 Å². The molecule has 0 aliphatic carbocycles. The molecule has 0 atom stereocenters. The molecule has 0 N–H and O–H groups in total. The molecule has 0 aliphatic heterocycles. The van der Waals surface area contributed by atoms with Crippen LogP contribution in [0.2, 0.25) is 0 Å². The van der Waals surface area contributed by atoms with Gasteiger partial charge >= 0.3 is 0 Å². The molecule has 13 heavy (non-hydrogen) atoms. The Hall–Kier alpha value is -1.11. The highest BCUT2D eigenvalue weighted by molar-refractivity contribution is 5.66. The summed E-state index contributed by atoms with van der Waals surface area (Å²) in [5.41, 5.74) is 4.35. The Morgan fingerprint density at radius 2 is 2.15 bits per heavy atom. The highest BCUT2D eigenvalue weighted by atomic mass is 19.1. The Kier molecular flexibility index (Phi) is 3.24. The van der Waals surface area contributed by atoms with E-state index in [9.17, 15) is 4.39 Å². The number of hydrogen-bond acceptors (Lipinski definition) is 0. The topological polar surface area (TPSA) is 0 Å². The minimum atomic E-state index is -0.379. The predicted octanol–water partition coefficient (Wildman–Crippen LogP) is 3.89. The molecule has 0 heterocycles. The third-order valence-corrected chi connectivity index (χ3v) is 2.30. The van der Waals surface area contributed by atoms with Gasteiger partial charge in [0.2, 0.25) is 0 Å². The van der Waals surface area contributed by atoms with Crippen molar-refractivity contribution in [1.29, 1.82) is 0 Å². The summed E-state index contributed by atoms with van der Waals surface area (Å²) in [7, 11) is 0. The zero-order valence-corrected chi connectivity index (χ0v) is 8.39. The third kappa shape index (κ3) is 2.18. The van der Waals surface area contributed by atoms with Gasteiger partial charge in [-0.15, -0.1) is 0 Å². The zero-order valence-electron chi connectivity index (χ0n) is 8.39. The SMILES string of the molecule is C/C=C(/C)c1ccc(CF)cc1C. The predicted molar refractivity (Wildman–Crippen MR) is 55.3 cm³/mol. The zero-order chi connectivity index (χ0) is 9.84. The van der Waals surface area contributed by atoms with Gasteiger partial charge in [0.05, 0.1) is 0 Å². The van der Waals surface area contributed by atoms with Crippen molar-refractivity contribution >= 4 is 5.57 Å². The van der Waals surface area contributed by atoms with Crippen LogP contribution < -0.4 is 0 Å². The molecule has 0 saturated heterocycles. The van der Waals surface area contributed by atoms with Crippen molar-refractivity contribution in [3.05, 3.63) is 41.0 Å². The number of alkyl halides is 1. The van der Waals surface area contributed by atoms with Gasteiger partial charge in [0, 0.05) is 0 Å². The summed E-state index contributed by atoms with van der Waals surface area (Å²) in [4.78, 5) is 0. The fraction of sp³-hybridized carbons (Fsp3) is 0.333. The maximum Gasteiger partial charge on any atom is 0.115 e. The molecule has 0 bridgehead atoms. The molecule has 0 unspecified atom stereocenters. The van der Waals surface area contributed by atoms with Crippen molar-refractivity contribution in [2.24, 2.45) is 0 Å². The van der Waals surface area contributed by atoms with Crippen molar-refractivity contribution in [2.45, 2.75) is 27.4 Å². The fourth-order valence-corrected chi connectivity index (χ4v) is 1.41. The molecule has 0 fully saturated rings. The summed E-state index contributed by atoms with van der Waals surface area (Å²) in [6, 6.07) is 5.73. The second-order valence-corrected chi connectivity index (χ2v) is 3.25. The molecule has 0 spiro atoms. The number of hydrogen-bond donors (Lipinski definition) is 0. The second kappa shape index (κ2) is 4.22. The molecule has 0 nitrogen and oxygen atoms in total.